The van der Waals surface area contributed by atoms with E-state index in [-0.39, 0.29) is 16.4 Å². The molecule has 0 fully saturated rings. The standard InChI is InChI=1S/C17H24N2O2/c1-16(2,3)10-19-12-9-7-8-11(14(20)21)13(12)18-15(19)17(4,5)6/h7-9H,10H2,1-6H3,(H,20,21). The van der Waals surface area contributed by atoms with E-state index in [1.807, 2.05) is 6.07 Å². The number of aromatic nitrogens is 2. The van der Waals surface area contributed by atoms with Crippen LogP contribution in [-0.2, 0) is 12.0 Å². The molecule has 0 amide bonds. The molecule has 4 nitrogen and oxygen atoms in total. The lowest BCUT2D eigenvalue weighted by Crippen LogP contribution is -2.24. The van der Waals surface area contributed by atoms with E-state index >= 15 is 0 Å². The van der Waals surface area contributed by atoms with Crippen molar-refractivity contribution >= 4 is 17.0 Å². The lowest BCUT2D eigenvalue weighted by molar-refractivity contribution is 0.0699. The van der Waals surface area contributed by atoms with E-state index in [2.05, 4.69) is 51.1 Å². The molecule has 1 aromatic heterocycles. The predicted octanol–water partition coefficient (Wildman–Crippen LogP) is 4.08. The highest BCUT2D eigenvalue weighted by molar-refractivity contribution is 6.01. The van der Waals surface area contributed by atoms with Crippen molar-refractivity contribution in [2.75, 3.05) is 0 Å². The fraction of sp³-hybridized carbons (Fsp3) is 0.529. The summed E-state index contributed by atoms with van der Waals surface area (Å²) < 4.78 is 2.17. The van der Waals surface area contributed by atoms with Crippen LogP contribution in [0.2, 0.25) is 0 Å². The summed E-state index contributed by atoms with van der Waals surface area (Å²) in [5.41, 5.74) is 1.70. The summed E-state index contributed by atoms with van der Waals surface area (Å²) in [6.45, 7) is 13.6. The molecule has 1 N–H and O–H groups in total. The number of rotatable bonds is 2. The summed E-state index contributed by atoms with van der Waals surface area (Å²) in [4.78, 5) is 16.1. The molecule has 114 valence electrons. The van der Waals surface area contributed by atoms with Gasteiger partial charge in [-0.2, -0.15) is 0 Å². The summed E-state index contributed by atoms with van der Waals surface area (Å²) in [7, 11) is 0. The minimum absolute atomic E-state index is 0.0901. The Balaban J connectivity index is 2.79. The van der Waals surface area contributed by atoms with Gasteiger partial charge in [0.25, 0.3) is 0 Å². The maximum absolute atomic E-state index is 11.4. The van der Waals surface area contributed by atoms with Crippen LogP contribution in [0.15, 0.2) is 18.2 Å². The van der Waals surface area contributed by atoms with E-state index in [0.29, 0.717) is 5.52 Å². The zero-order valence-corrected chi connectivity index (χ0v) is 13.7. The van der Waals surface area contributed by atoms with Crippen LogP contribution >= 0.6 is 0 Å². The van der Waals surface area contributed by atoms with Crippen LogP contribution < -0.4 is 0 Å². The summed E-state index contributed by atoms with van der Waals surface area (Å²) in [5.74, 6) is 0.00240. The number of aromatic carboxylic acids is 1. The number of carboxylic acids is 1. The largest absolute Gasteiger partial charge is 0.478 e. The average molecular weight is 288 g/mol. The minimum Gasteiger partial charge on any atom is -0.478 e. The normalized spacial score (nSPS) is 12.9. The molecule has 1 heterocycles. The van der Waals surface area contributed by atoms with Crippen LogP contribution in [0, 0.1) is 5.41 Å². The topological polar surface area (TPSA) is 55.1 Å². The van der Waals surface area contributed by atoms with Crippen LogP contribution in [0.5, 0.6) is 0 Å². The number of benzene rings is 1. The van der Waals surface area contributed by atoms with E-state index < -0.39 is 5.97 Å². The molecule has 0 aliphatic heterocycles. The number of hydrogen-bond donors (Lipinski definition) is 1. The van der Waals surface area contributed by atoms with Crippen LogP contribution in [0.25, 0.3) is 11.0 Å². The van der Waals surface area contributed by atoms with Crippen LogP contribution in [0.3, 0.4) is 0 Å². The lowest BCUT2D eigenvalue weighted by atomic mass is 9.93. The molecule has 0 unspecified atom stereocenters. The smallest absolute Gasteiger partial charge is 0.337 e. The van der Waals surface area contributed by atoms with E-state index in [9.17, 15) is 9.90 Å². The first-order valence-corrected chi connectivity index (χ1v) is 7.24. The first kappa shape index (κ1) is 15.5. The molecule has 0 spiro atoms. The maximum Gasteiger partial charge on any atom is 0.337 e. The number of fused-ring (bicyclic) bond motifs is 1. The summed E-state index contributed by atoms with van der Waals surface area (Å²) >= 11 is 0. The fourth-order valence-corrected chi connectivity index (χ4v) is 2.53. The molecule has 0 atom stereocenters. The lowest BCUT2D eigenvalue weighted by Gasteiger charge is -2.25. The van der Waals surface area contributed by atoms with Gasteiger partial charge in [0.15, 0.2) is 0 Å². The van der Waals surface area contributed by atoms with Gasteiger partial charge in [0.2, 0.25) is 0 Å². The van der Waals surface area contributed by atoms with E-state index in [4.69, 9.17) is 0 Å². The van der Waals surface area contributed by atoms with E-state index in [1.165, 1.54) is 0 Å². The van der Waals surface area contributed by atoms with Gasteiger partial charge in [-0.15, -0.1) is 0 Å². The molecule has 2 aromatic rings. The SMILES string of the molecule is CC(C)(C)Cn1c(C(C)(C)C)nc2c(C(=O)O)cccc21. The molecule has 0 saturated carbocycles. The highest BCUT2D eigenvalue weighted by Crippen LogP contribution is 2.31. The van der Waals surface area contributed by atoms with Crippen molar-refractivity contribution < 1.29 is 9.90 Å². The zero-order valence-electron chi connectivity index (χ0n) is 13.7. The van der Waals surface area contributed by atoms with Crippen molar-refractivity contribution in [1.29, 1.82) is 0 Å². The Morgan fingerprint density at radius 2 is 1.81 bits per heavy atom. The van der Waals surface area contributed by atoms with Crippen LogP contribution in [0.1, 0.15) is 57.7 Å². The van der Waals surface area contributed by atoms with Gasteiger partial charge < -0.3 is 9.67 Å². The van der Waals surface area contributed by atoms with Crippen molar-refractivity contribution in [3.8, 4) is 0 Å². The summed E-state index contributed by atoms with van der Waals surface area (Å²) in [6, 6.07) is 5.36. The van der Waals surface area contributed by atoms with Crippen molar-refractivity contribution in [2.45, 2.75) is 53.5 Å². The van der Waals surface area contributed by atoms with Gasteiger partial charge in [0.05, 0.1) is 11.1 Å². The van der Waals surface area contributed by atoms with E-state index in [1.54, 1.807) is 12.1 Å². The second kappa shape index (κ2) is 4.86. The predicted molar refractivity (Wildman–Crippen MR) is 84.8 cm³/mol. The third-order valence-electron chi connectivity index (χ3n) is 3.31. The molecule has 0 bridgehead atoms. The van der Waals surface area contributed by atoms with E-state index in [0.717, 1.165) is 17.9 Å². The molecule has 21 heavy (non-hydrogen) atoms. The molecular weight excluding hydrogens is 264 g/mol. The Bertz CT molecular complexity index is 685. The molecule has 1 aromatic carbocycles. The maximum atomic E-state index is 11.4. The number of imidazole rings is 1. The molecule has 0 saturated heterocycles. The van der Waals surface area contributed by atoms with Crippen molar-refractivity contribution in [3.05, 3.63) is 29.6 Å². The Labute approximate surface area is 125 Å². The van der Waals surface area contributed by atoms with Crippen molar-refractivity contribution in [3.63, 3.8) is 0 Å². The highest BCUT2D eigenvalue weighted by atomic mass is 16.4. The number of hydrogen-bond acceptors (Lipinski definition) is 2. The van der Waals surface area contributed by atoms with Gasteiger partial charge in [0.1, 0.15) is 11.3 Å². The van der Waals surface area contributed by atoms with Crippen molar-refractivity contribution in [1.82, 2.24) is 9.55 Å². The molecular formula is C17H24N2O2. The summed E-state index contributed by atoms with van der Waals surface area (Å²) in [6.07, 6.45) is 0. The number of para-hydroxylation sites is 1. The highest BCUT2D eigenvalue weighted by Gasteiger charge is 2.27. The second-order valence-corrected chi connectivity index (χ2v) is 7.81. The Morgan fingerprint density at radius 3 is 2.29 bits per heavy atom. The van der Waals surface area contributed by atoms with Gasteiger partial charge in [-0.05, 0) is 17.5 Å². The zero-order chi connectivity index (χ0) is 16.0. The Kier molecular flexibility index (Phi) is 3.60. The molecule has 4 heteroatoms. The number of nitrogens with zero attached hydrogens (tertiary/aromatic N) is 2. The Hall–Kier alpha value is -1.84. The number of carboxylic acid groups (broad SMARTS) is 1. The monoisotopic (exact) mass is 288 g/mol. The first-order chi connectivity index (χ1) is 9.50. The van der Waals surface area contributed by atoms with Gasteiger partial charge in [-0.3, -0.25) is 0 Å². The first-order valence-electron chi connectivity index (χ1n) is 7.24. The minimum atomic E-state index is -0.929. The Morgan fingerprint density at radius 1 is 1.19 bits per heavy atom. The van der Waals surface area contributed by atoms with Gasteiger partial charge in [-0.1, -0.05) is 47.6 Å². The molecule has 0 radical (unpaired) electrons. The van der Waals surface area contributed by atoms with Gasteiger partial charge in [0, 0.05) is 12.0 Å². The van der Waals surface area contributed by atoms with Crippen molar-refractivity contribution in [2.24, 2.45) is 5.41 Å². The van der Waals surface area contributed by atoms with Crippen LogP contribution in [-0.4, -0.2) is 20.6 Å². The summed E-state index contributed by atoms with van der Waals surface area (Å²) in [5, 5.41) is 9.37. The third-order valence-corrected chi connectivity index (χ3v) is 3.31. The molecule has 0 aliphatic carbocycles. The second-order valence-electron chi connectivity index (χ2n) is 7.81. The molecule has 0 aliphatic rings. The quantitative estimate of drug-likeness (QED) is 0.906. The van der Waals surface area contributed by atoms with Gasteiger partial charge >= 0.3 is 5.97 Å². The fourth-order valence-electron chi connectivity index (χ4n) is 2.53. The third kappa shape index (κ3) is 3.09. The van der Waals surface area contributed by atoms with Crippen LogP contribution in [0.4, 0.5) is 0 Å². The average Bonchev–Trinajstić information content (AvgIpc) is 2.65. The molecule has 2 rings (SSSR count). The number of carbonyl (C=O) groups is 1. The van der Waals surface area contributed by atoms with Gasteiger partial charge in [-0.25, -0.2) is 9.78 Å².